The van der Waals surface area contributed by atoms with E-state index in [9.17, 15) is 14.7 Å². The van der Waals surface area contributed by atoms with Crippen molar-refractivity contribution in [3.05, 3.63) is 60.7 Å². The van der Waals surface area contributed by atoms with Gasteiger partial charge in [0.1, 0.15) is 5.60 Å². The number of hydrogen-bond acceptors (Lipinski definition) is 4. The van der Waals surface area contributed by atoms with Crippen molar-refractivity contribution in [2.45, 2.75) is 38.8 Å². The van der Waals surface area contributed by atoms with Gasteiger partial charge in [0.2, 0.25) is 5.54 Å². The largest absolute Gasteiger partial charge is 0.479 e. The summed E-state index contributed by atoms with van der Waals surface area (Å²) in [7, 11) is 0. The van der Waals surface area contributed by atoms with E-state index >= 15 is 0 Å². The molecule has 0 saturated carbocycles. The molecule has 0 fully saturated rings. The fraction of sp³-hybridized carbons (Fsp3) is 0.300. The molecule has 1 unspecified atom stereocenters. The van der Waals surface area contributed by atoms with Crippen LogP contribution in [0.5, 0.6) is 0 Å². The number of nitrogens with zero attached hydrogens (tertiary/aromatic N) is 1. The maximum atomic E-state index is 12.9. The van der Waals surface area contributed by atoms with Crippen LogP contribution in [0.3, 0.4) is 0 Å². The standard InChI is InChI=1S/C20H23NO4/c1-19(2,3)25-18(24)20(4,17(22)23)21(15-11-7-5-8-12-15)16-13-9-6-10-14-16/h5-14H,1-4H3,(H,22,23). The van der Waals surface area contributed by atoms with Crippen molar-refractivity contribution in [2.75, 3.05) is 4.90 Å². The number of rotatable bonds is 5. The number of carboxylic acid groups (broad SMARTS) is 1. The molecule has 2 rings (SSSR count). The number of hydrogen-bond donors (Lipinski definition) is 1. The minimum Gasteiger partial charge on any atom is -0.479 e. The number of ether oxygens (including phenoxy) is 1. The third kappa shape index (κ3) is 3.99. The molecule has 0 aliphatic carbocycles. The summed E-state index contributed by atoms with van der Waals surface area (Å²) in [5, 5.41) is 9.95. The van der Waals surface area contributed by atoms with Gasteiger partial charge in [-0.2, -0.15) is 0 Å². The molecule has 0 bridgehead atoms. The average Bonchev–Trinajstić information content (AvgIpc) is 2.55. The van der Waals surface area contributed by atoms with E-state index in [-0.39, 0.29) is 0 Å². The lowest BCUT2D eigenvalue weighted by atomic mass is 9.97. The van der Waals surface area contributed by atoms with Gasteiger partial charge < -0.3 is 14.7 Å². The van der Waals surface area contributed by atoms with Crippen molar-refractivity contribution in [2.24, 2.45) is 0 Å². The maximum absolute atomic E-state index is 12.9. The van der Waals surface area contributed by atoms with Gasteiger partial charge in [0, 0.05) is 11.4 Å². The molecule has 0 amide bonds. The van der Waals surface area contributed by atoms with Crippen molar-refractivity contribution < 1.29 is 19.4 Å². The zero-order valence-corrected chi connectivity index (χ0v) is 14.9. The normalized spacial score (nSPS) is 13.6. The molecule has 5 nitrogen and oxygen atoms in total. The Bertz CT molecular complexity index is 698. The summed E-state index contributed by atoms with van der Waals surface area (Å²) in [6.45, 7) is 6.50. The lowest BCUT2D eigenvalue weighted by Crippen LogP contribution is -2.58. The number of carbonyl (C=O) groups is 2. The molecule has 0 aliphatic heterocycles. The molecule has 0 saturated heterocycles. The van der Waals surface area contributed by atoms with Crippen LogP contribution in [0.1, 0.15) is 27.7 Å². The number of aliphatic carboxylic acids is 1. The number of esters is 1. The Hall–Kier alpha value is -2.82. The first-order chi connectivity index (χ1) is 11.7. The van der Waals surface area contributed by atoms with Gasteiger partial charge in [-0.1, -0.05) is 36.4 Å². The molecule has 132 valence electrons. The Morgan fingerprint density at radius 3 is 1.56 bits per heavy atom. The van der Waals surface area contributed by atoms with Gasteiger partial charge >= 0.3 is 11.9 Å². The highest BCUT2D eigenvalue weighted by atomic mass is 16.6. The molecular formula is C20H23NO4. The highest BCUT2D eigenvalue weighted by molar-refractivity contribution is 6.09. The predicted molar refractivity (Wildman–Crippen MR) is 96.9 cm³/mol. The third-order valence-electron chi connectivity index (χ3n) is 3.69. The monoisotopic (exact) mass is 341 g/mol. The smallest absolute Gasteiger partial charge is 0.344 e. The number of para-hydroxylation sites is 2. The van der Waals surface area contributed by atoms with E-state index in [1.807, 2.05) is 12.1 Å². The van der Waals surface area contributed by atoms with Gasteiger partial charge in [0.05, 0.1) is 0 Å². The van der Waals surface area contributed by atoms with Gasteiger partial charge in [-0.3, -0.25) is 0 Å². The van der Waals surface area contributed by atoms with Crippen molar-refractivity contribution in [1.82, 2.24) is 0 Å². The van der Waals surface area contributed by atoms with Crippen LogP contribution in [0, 0.1) is 0 Å². The van der Waals surface area contributed by atoms with Crippen LogP contribution in [0.4, 0.5) is 11.4 Å². The molecule has 2 aromatic rings. The molecule has 0 spiro atoms. The Kier molecular flexibility index (Phi) is 5.16. The quantitative estimate of drug-likeness (QED) is 0.657. The zero-order chi connectivity index (χ0) is 18.7. The lowest BCUT2D eigenvalue weighted by Gasteiger charge is -2.39. The Labute approximate surface area is 147 Å². The van der Waals surface area contributed by atoms with Gasteiger partial charge in [-0.25, -0.2) is 9.59 Å². The minimum atomic E-state index is -1.92. The van der Waals surface area contributed by atoms with E-state index in [0.717, 1.165) is 0 Å². The van der Waals surface area contributed by atoms with Crippen LogP contribution >= 0.6 is 0 Å². The Morgan fingerprint density at radius 1 is 0.840 bits per heavy atom. The van der Waals surface area contributed by atoms with E-state index in [1.54, 1.807) is 69.3 Å². The summed E-state index contributed by atoms with van der Waals surface area (Å²) in [5.74, 6) is -2.10. The van der Waals surface area contributed by atoms with Crippen molar-refractivity contribution >= 4 is 23.3 Å². The van der Waals surface area contributed by atoms with E-state index in [1.165, 1.54) is 11.8 Å². The van der Waals surface area contributed by atoms with Gasteiger partial charge in [-0.15, -0.1) is 0 Å². The first kappa shape index (κ1) is 18.5. The molecule has 0 radical (unpaired) electrons. The average molecular weight is 341 g/mol. The highest BCUT2D eigenvalue weighted by Gasteiger charge is 2.50. The van der Waals surface area contributed by atoms with Crippen LogP contribution in [-0.4, -0.2) is 28.2 Å². The van der Waals surface area contributed by atoms with Crippen LogP contribution in [0.2, 0.25) is 0 Å². The van der Waals surface area contributed by atoms with E-state index in [2.05, 4.69) is 0 Å². The second kappa shape index (κ2) is 6.97. The first-order valence-electron chi connectivity index (χ1n) is 8.03. The fourth-order valence-electron chi connectivity index (χ4n) is 2.47. The molecule has 25 heavy (non-hydrogen) atoms. The van der Waals surface area contributed by atoms with E-state index < -0.39 is 23.1 Å². The molecular weight excluding hydrogens is 318 g/mol. The molecule has 0 aromatic heterocycles. The number of carboxylic acids is 1. The zero-order valence-electron chi connectivity index (χ0n) is 14.9. The Balaban J connectivity index is 2.63. The van der Waals surface area contributed by atoms with Crippen molar-refractivity contribution in [1.29, 1.82) is 0 Å². The van der Waals surface area contributed by atoms with Crippen LogP contribution in [0.15, 0.2) is 60.7 Å². The number of anilines is 2. The maximum Gasteiger partial charge on any atom is 0.344 e. The van der Waals surface area contributed by atoms with Crippen LogP contribution in [-0.2, 0) is 14.3 Å². The summed E-state index contributed by atoms with van der Waals surface area (Å²) in [4.78, 5) is 26.5. The van der Waals surface area contributed by atoms with E-state index in [0.29, 0.717) is 11.4 Å². The van der Waals surface area contributed by atoms with Crippen LogP contribution < -0.4 is 4.90 Å². The highest BCUT2D eigenvalue weighted by Crippen LogP contribution is 2.35. The second-order valence-corrected chi connectivity index (χ2v) is 6.89. The third-order valence-corrected chi connectivity index (χ3v) is 3.69. The predicted octanol–water partition coefficient (Wildman–Crippen LogP) is 4.01. The summed E-state index contributed by atoms with van der Waals surface area (Å²) >= 11 is 0. The van der Waals surface area contributed by atoms with Crippen LogP contribution in [0.25, 0.3) is 0 Å². The molecule has 0 aliphatic rings. The fourth-order valence-corrected chi connectivity index (χ4v) is 2.47. The molecule has 2 aromatic carbocycles. The molecule has 5 heteroatoms. The summed E-state index contributed by atoms with van der Waals surface area (Å²) < 4.78 is 5.43. The second-order valence-electron chi connectivity index (χ2n) is 6.89. The lowest BCUT2D eigenvalue weighted by molar-refractivity contribution is -0.167. The van der Waals surface area contributed by atoms with Gasteiger partial charge in [0.25, 0.3) is 0 Å². The summed E-state index contributed by atoms with van der Waals surface area (Å²) in [6, 6.07) is 17.9. The molecule has 1 N–H and O–H groups in total. The minimum absolute atomic E-state index is 0.587. The number of benzene rings is 2. The van der Waals surface area contributed by atoms with Crippen molar-refractivity contribution in [3.63, 3.8) is 0 Å². The van der Waals surface area contributed by atoms with E-state index in [4.69, 9.17) is 4.74 Å². The summed E-state index contributed by atoms with van der Waals surface area (Å²) in [5.41, 5.74) is -1.54. The van der Waals surface area contributed by atoms with Gasteiger partial charge in [0.15, 0.2) is 0 Å². The molecule has 0 heterocycles. The van der Waals surface area contributed by atoms with Gasteiger partial charge in [-0.05, 0) is 52.0 Å². The topological polar surface area (TPSA) is 66.8 Å². The number of carbonyl (C=O) groups excluding carboxylic acids is 1. The first-order valence-corrected chi connectivity index (χ1v) is 8.03. The SMILES string of the molecule is CC(C)(C)OC(=O)C(C)(C(=O)O)N(c1ccccc1)c1ccccc1. The summed E-state index contributed by atoms with van der Waals surface area (Å²) in [6.07, 6.45) is 0. The van der Waals surface area contributed by atoms with Crippen molar-refractivity contribution in [3.8, 4) is 0 Å². The molecule has 1 atom stereocenters. The Morgan fingerprint density at radius 2 is 1.24 bits per heavy atom.